The van der Waals surface area contributed by atoms with Gasteiger partial charge in [0.1, 0.15) is 0 Å². The van der Waals surface area contributed by atoms with Crippen LogP contribution in [0.3, 0.4) is 0 Å². The van der Waals surface area contributed by atoms with Crippen LogP contribution in [0.1, 0.15) is 36.5 Å². The highest BCUT2D eigenvalue weighted by atomic mass is 35.5. The van der Waals surface area contributed by atoms with Crippen LogP contribution < -0.4 is 10.6 Å². The maximum absolute atomic E-state index is 11.9. The Balaban J connectivity index is 2.19. The summed E-state index contributed by atoms with van der Waals surface area (Å²) in [5.74, 6) is -0.665. The third-order valence-corrected chi connectivity index (χ3v) is 3.56. The molecule has 128 valence electrons. The molecule has 23 heavy (non-hydrogen) atoms. The number of carbonyl (C=O) groups excluding carboxylic acids is 2. The number of hydrogen-bond donors (Lipinski definition) is 2. The summed E-state index contributed by atoms with van der Waals surface area (Å²) < 4.78 is 5.39. The minimum absolute atomic E-state index is 0.103. The molecule has 0 bridgehead atoms. The molecule has 0 unspecified atom stereocenters. The van der Waals surface area contributed by atoms with E-state index in [1.54, 1.807) is 6.07 Å². The summed E-state index contributed by atoms with van der Waals surface area (Å²) in [6.07, 6.45) is 2.89. The highest BCUT2D eigenvalue weighted by Crippen LogP contribution is 2.20. The fourth-order valence-corrected chi connectivity index (χ4v) is 2.24. The van der Waals surface area contributed by atoms with Crippen LogP contribution in [0.5, 0.6) is 0 Å². The van der Waals surface area contributed by atoms with Gasteiger partial charge in [-0.1, -0.05) is 36.5 Å². The number of nitrogens with one attached hydrogen (secondary N) is 2. The molecule has 0 aliphatic carbocycles. The van der Waals surface area contributed by atoms with Crippen molar-refractivity contribution in [1.82, 2.24) is 10.6 Å². The number of benzene rings is 1. The standard InChI is InChI=1S/C16H22Cl2N2O3/c1-2-3-8-23-9-4-7-19-15(21)11-20-16(22)13-6-5-12(17)10-14(13)18/h5-6,10H,2-4,7-9,11H2,1H3,(H,19,21)(H,20,22). The molecule has 1 aromatic carbocycles. The van der Waals surface area contributed by atoms with Gasteiger partial charge in [-0.15, -0.1) is 0 Å². The van der Waals surface area contributed by atoms with Gasteiger partial charge in [0.25, 0.3) is 5.91 Å². The van der Waals surface area contributed by atoms with E-state index in [1.807, 2.05) is 0 Å². The van der Waals surface area contributed by atoms with E-state index in [-0.39, 0.29) is 23.0 Å². The Morgan fingerprint density at radius 3 is 2.57 bits per heavy atom. The van der Waals surface area contributed by atoms with Gasteiger partial charge in [-0.25, -0.2) is 0 Å². The largest absolute Gasteiger partial charge is 0.381 e. The van der Waals surface area contributed by atoms with E-state index in [9.17, 15) is 9.59 Å². The first-order valence-corrected chi connectivity index (χ1v) is 8.38. The normalized spacial score (nSPS) is 10.4. The molecule has 0 saturated carbocycles. The fraction of sp³-hybridized carbons (Fsp3) is 0.500. The molecular formula is C16H22Cl2N2O3. The van der Waals surface area contributed by atoms with Gasteiger partial charge in [-0.3, -0.25) is 9.59 Å². The lowest BCUT2D eigenvalue weighted by atomic mass is 10.2. The SMILES string of the molecule is CCCCOCCCNC(=O)CNC(=O)c1ccc(Cl)cc1Cl. The van der Waals surface area contributed by atoms with Crippen molar-refractivity contribution in [2.45, 2.75) is 26.2 Å². The van der Waals surface area contributed by atoms with Crippen molar-refractivity contribution in [1.29, 1.82) is 0 Å². The zero-order chi connectivity index (χ0) is 17.1. The van der Waals surface area contributed by atoms with Crippen LogP contribution in [-0.2, 0) is 9.53 Å². The molecule has 0 aromatic heterocycles. The third kappa shape index (κ3) is 8.21. The molecule has 0 aliphatic heterocycles. The molecule has 0 radical (unpaired) electrons. The van der Waals surface area contributed by atoms with Gasteiger partial charge in [-0.2, -0.15) is 0 Å². The fourth-order valence-electron chi connectivity index (χ4n) is 1.74. The maximum Gasteiger partial charge on any atom is 0.253 e. The van der Waals surface area contributed by atoms with Crippen molar-refractivity contribution in [2.24, 2.45) is 0 Å². The molecule has 2 N–H and O–H groups in total. The van der Waals surface area contributed by atoms with E-state index in [0.717, 1.165) is 25.9 Å². The topological polar surface area (TPSA) is 67.4 Å². The Bertz CT molecular complexity index is 524. The van der Waals surface area contributed by atoms with Gasteiger partial charge < -0.3 is 15.4 Å². The van der Waals surface area contributed by atoms with Crippen LogP contribution in [0.2, 0.25) is 10.0 Å². The van der Waals surface area contributed by atoms with Crippen molar-refractivity contribution in [3.8, 4) is 0 Å². The van der Waals surface area contributed by atoms with Crippen LogP contribution in [0.25, 0.3) is 0 Å². The first kappa shape index (κ1) is 19.7. The number of unbranched alkanes of at least 4 members (excludes halogenated alkanes) is 1. The Hall–Kier alpha value is -1.30. The molecule has 0 fully saturated rings. The van der Waals surface area contributed by atoms with Crippen molar-refractivity contribution in [3.63, 3.8) is 0 Å². The highest BCUT2D eigenvalue weighted by molar-refractivity contribution is 6.36. The van der Waals surface area contributed by atoms with Crippen molar-refractivity contribution in [2.75, 3.05) is 26.3 Å². The molecule has 0 aliphatic rings. The van der Waals surface area contributed by atoms with Gasteiger partial charge in [0.2, 0.25) is 5.91 Å². The van der Waals surface area contributed by atoms with Crippen molar-refractivity contribution >= 4 is 35.0 Å². The molecule has 0 spiro atoms. The molecule has 1 aromatic rings. The number of amides is 2. The third-order valence-electron chi connectivity index (χ3n) is 3.02. The molecule has 1 rings (SSSR count). The molecule has 0 heterocycles. The number of carbonyl (C=O) groups is 2. The summed E-state index contributed by atoms with van der Waals surface area (Å²) in [5.41, 5.74) is 0.285. The zero-order valence-electron chi connectivity index (χ0n) is 13.2. The minimum atomic E-state index is -0.412. The summed E-state index contributed by atoms with van der Waals surface area (Å²) >= 11 is 11.7. The van der Waals surface area contributed by atoms with Crippen LogP contribution in [0, 0.1) is 0 Å². The van der Waals surface area contributed by atoms with Gasteiger partial charge in [-0.05, 0) is 31.0 Å². The second-order valence-corrected chi connectivity index (χ2v) is 5.82. The molecular weight excluding hydrogens is 339 g/mol. The predicted molar refractivity (Wildman–Crippen MR) is 92.1 cm³/mol. The summed E-state index contributed by atoms with van der Waals surface area (Å²) in [4.78, 5) is 23.6. The second-order valence-electron chi connectivity index (χ2n) is 4.98. The lowest BCUT2D eigenvalue weighted by molar-refractivity contribution is -0.120. The van der Waals surface area contributed by atoms with Crippen molar-refractivity contribution in [3.05, 3.63) is 33.8 Å². The molecule has 7 heteroatoms. The Labute approximate surface area is 146 Å². The van der Waals surface area contributed by atoms with E-state index in [1.165, 1.54) is 12.1 Å². The molecule has 0 atom stereocenters. The number of halogens is 2. The molecule has 2 amide bonds. The predicted octanol–water partition coefficient (Wildman–Crippen LogP) is 3.05. The zero-order valence-corrected chi connectivity index (χ0v) is 14.7. The van der Waals surface area contributed by atoms with E-state index < -0.39 is 5.91 Å². The monoisotopic (exact) mass is 360 g/mol. The van der Waals surface area contributed by atoms with E-state index >= 15 is 0 Å². The Morgan fingerprint density at radius 1 is 1.13 bits per heavy atom. The highest BCUT2D eigenvalue weighted by Gasteiger charge is 2.11. The quantitative estimate of drug-likeness (QED) is 0.630. The van der Waals surface area contributed by atoms with Crippen LogP contribution in [0.15, 0.2) is 18.2 Å². The minimum Gasteiger partial charge on any atom is -0.381 e. The molecule has 0 saturated heterocycles. The van der Waals surface area contributed by atoms with Crippen LogP contribution >= 0.6 is 23.2 Å². The number of ether oxygens (including phenoxy) is 1. The lowest BCUT2D eigenvalue weighted by Crippen LogP contribution is -2.37. The van der Waals surface area contributed by atoms with E-state index in [4.69, 9.17) is 27.9 Å². The van der Waals surface area contributed by atoms with Crippen molar-refractivity contribution < 1.29 is 14.3 Å². The maximum atomic E-state index is 11.9. The number of rotatable bonds is 10. The van der Waals surface area contributed by atoms with E-state index in [2.05, 4.69) is 17.6 Å². The van der Waals surface area contributed by atoms with Crippen LogP contribution in [-0.4, -0.2) is 38.1 Å². The first-order chi connectivity index (χ1) is 11.0. The Morgan fingerprint density at radius 2 is 1.87 bits per heavy atom. The molecule has 5 nitrogen and oxygen atoms in total. The lowest BCUT2D eigenvalue weighted by Gasteiger charge is -2.08. The first-order valence-electron chi connectivity index (χ1n) is 7.62. The summed E-state index contributed by atoms with van der Waals surface area (Å²) in [6, 6.07) is 4.57. The van der Waals surface area contributed by atoms with Gasteiger partial charge in [0, 0.05) is 24.8 Å². The summed E-state index contributed by atoms with van der Waals surface area (Å²) in [6.45, 7) is 3.89. The van der Waals surface area contributed by atoms with Crippen LogP contribution in [0.4, 0.5) is 0 Å². The average molecular weight is 361 g/mol. The number of hydrogen-bond acceptors (Lipinski definition) is 3. The summed E-state index contributed by atoms with van der Waals surface area (Å²) in [5, 5.41) is 5.93. The van der Waals surface area contributed by atoms with Gasteiger partial charge >= 0.3 is 0 Å². The van der Waals surface area contributed by atoms with Gasteiger partial charge in [0.15, 0.2) is 0 Å². The van der Waals surface area contributed by atoms with E-state index in [0.29, 0.717) is 18.2 Å². The Kier molecular flexibility index (Phi) is 9.67. The average Bonchev–Trinajstić information content (AvgIpc) is 2.51. The second kappa shape index (κ2) is 11.3. The summed E-state index contributed by atoms with van der Waals surface area (Å²) in [7, 11) is 0. The smallest absolute Gasteiger partial charge is 0.253 e. The van der Waals surface area contributed by atoms with Gasteiger partial charge in [0.05, 0.1) is 17.1 Å².